The molecule has 2 aliphatic rings. The van der Waals surface area contributed by atoms with Crippen molar-refractivity contribution in [2.75, 3.05) is 26.4 Å². The van der Waals surface area contributed by atoms with Crippen LogP contribution >= 0.6 is 15.9 Å². The van der Waals surface area contributed by atoms with Crippen LogP contribution in [0, 0.1) is 0 Å². The molecule has 2 N–H and O–H groups in total. The first kappa shape index (κ1) is 15.3. The van der Waals surface area contributed by atoms with Gasteiger partial charge in [-0.15, -0.1) is 0 Å². The Labute approximate surface area is 134 Å². The van der Waals surface area contributed by atoms with Crippen molar-refractivity contribution < 1.29 is 14.6 Å². The van der Waals surface area contributed by atoms with Crippen molar-refractivity contribution in [3.8, 4) is 5.75 Å². The number of rotatable bonds is 4. The Morgan fingerprint density at radius 2 is 2.29 bits per heavy atom. The quantitative estimate of drug-likeness (QED) is 0.867. The van der Waals surface area contributed by atoms with Crippen molar-refractivity contribution in [2.45, 2.75) is 37.8 Å². The second kappa shape index (κ2) is 6.24. The molecule has 0 aromatic heterocycles. The first-order valence-electron chi connectivity index (χ1n) is 7.51. The smallest absolute Gasteiger partial charge is 0.125 e. The molecule has 21 heavy (non-hydrogen) atoms. The van der Waals surface area contributed by atoms with E-state index in [2.05, 4.69) is 33.4 Å². The first-order chi connectivity index (χ1) is 10.0. The van der Waals surface area contributed by atoms with Gasteiger partial charge in [0.1, 0.15) is 5.75 Å². The minimum absolute atomic E-state index is 0.217. The summed E-state index contributed by atoms with van der Waals surface area (Å²) in [5, 5.41) is 14.2. The van der Waals surface area contributed by atoms with Crippen molar-refractivity contribution in [3.05, 3.63) is 27.7 Å². The Bertz CT molecular complexity index is 512. The predicted molar refractivity (Wildman–Crippen MR) is 84.9 cm³/mol. The van der Waals surface area contributed by atoms with Gasteiger partial charge in [-0.1, -0.05) is 15.9 Å². The maximum atomic E-state index is 10.8. The van der Waals surface area contributed by atoms with Crippen LogP contribution in [0.3, 0.4) is 0 Å². The van der Waals surface area contributed by atoms with Crippen LogP contribution in [-0.2, 0) is 17.6 Å². The molecule has 3 rings (SSSR count). The summed E-state index contributed by atoms with van der Waals surface area (Å²) in [6, 6.07) is 4.38. The molecule has 116 valence electrons. The normalized spacial score (nSPS) is 24.2. The van der Waals surface area contributed by atoms with E-state index in [4.69, 9.17) is 9.47 Å². The number of aliphatic hydroxyl groups is 1. The molecule has 2 atom stereocenters. The van der Waals surface area contributed by atoms with Crippen molar-refractivity contribution in [2.24, 2.45) is 0 Å². The van der Waals surface area contributed by atoms with Crippen LogP contribution in [0.2, 0.25) is 0 Å². The van der Waals surface area contributed by atoms with Gasteiger partial charge >= 0.3 is 0 Å². The van der Waals surface area contributed by atoms with Gasteiger partial charge in [0.05, 0.1) is 25.4 Å². The summed E-state index contributed by atoms with van der Waals surface area (Å²) in [4.78, 5) is 0. The van der Waals surface area contributed by atoms with E-state index >= 15 is 0 Å². The molecular formula is C16H22BrNO3. The second-order valence-electron chi connectivity index (χ2n) is 6.26. The van der Waals surface area contributed by atoms with Gasteiger partial charge in [0, 0.05) is 29.9 Å². The minimum Gasteiger partial charge on any atom is -0.493 e. The van der Waals surface area contributed by atoms with Crippen LogP contribution < -0.4 is 10.1 Å². The third kappa shape index (κ3) is 3.77. The summed E-state index contributed by atoms with van der Waals surface area (Å²) in [6.07, 6.45) is 2.21. The summed E-state index contributed by atoms with van der Waals surface area (Å²) in [6.45, 7) is 4.91. The van der Waals surface area contributed by atoms with Crippen LogP contribution in [0.1, 0.15) is 24.5 Å². The van der Waals surface area contributed by atoms with Gasteiger partial charge in [0.25, 0.3) is 0 Å². The largest absolute Gasteiger partial charge is 0.493 e. The number of hydrogen-bond donors (Lipinski definition) is 2. The summed E-state index contributed by atoms with van der Waals surface area (Å²) in [5.74, 6) is 0.964. The molecule has 0 spiro atoms. The molecule has 2 heterocycles. The molecule has 2 aliphatic heterocycles. The predicted octanol–water partition coefficient (Wildman–Crippen LogP) is 2.06. The molecule has 4 nitrogen and oxygen atoms in total. The first-order valence-corrected chi connectivity index (χ1v) is 8.30. The topological polar surface area (TPSA) is 50.7 Å². The number of morpholine rings is 1. The summed E-state index contributed by atoms with van der Waals surface area (Å²) < 4.78 is 12.3. The zero-order valence-corrected chi connectivity index (χ0v) is 13.9. The molecule has 2 unspecified atom stereocenters. The molecule has 0 saturated carbocycles. The molecule has 5 heteroatoms. The highest BCUT2D eigenvalue weighted by Crippen LogP contribution is 2.35. The maximum absolute atomic E-state index is 10.8. The number of halogens is 1. The highest BCUT2D eigenvalue weighted by molar-refractivity contribution is 9.10. The van der Waals surface area contributed by atoms with Gasteiger partial charge in [-0.3, -0.25) is 0 Å². The van der Waals surface area contributed by atoms with Crippen LogP contribution in [-0.4, -0.2) is 43.1 Å². The second-order valence-corrected chi connectivity index (χ2v) is 7.17. The highest BCUT2D eigenvalue weighted by atomic mass is 79.9. The lowest BCUT2D eigenvalue weighted by atomic mass is 9.88. The van der Waals surface area contributed by atoms with Gasteiger partial charge in [-0.2, -0.15) is 0 Å². The summed E-state index contributed by atoms with van der Waals surface area (Å²) in [5.41, 5.74) is 1.53. The van der Waals surface area contributed by atoms with E-state index in [0.29, 0.717) is 19.4 Å². The monoisotopic (exact) mass is 355 g/mol. The van der Waals surface area contributed by atoms with E-state index in [1.807, 2.05) is 6.92 Å². The Morgan fingerprint density at radius 3 is 3.05 bits per heavy atom. The Morgan fingerprint density at radius 1 is 1.43 bits per heavy atom. The van der Waals surface area contributed by atoms with Gasteiger partial charge in [0.15, 0.2) is 0 Å². The summed E-state index contributed by atoms with van der Waals surface area (Å²) in [7, 11) is 0. The van der Waals surface area contributed by atoms with E-state index in [1.54, 1.807) is 0 Å². The number of nitrogens with one attached hydrogen (secondary N) is 1. The van der Waals surface area contributed by atoms with Crippen LogP contribution in [0.4, 0.5) is 0 Å². The maximum Gasteiger partial charge on any atom is 0.125 e. The summed E-state index contributed by atoms with van der Waals surface area (Å²) >= 11 is 3.55. The molecule has 0 radical (unpaired) electrons. The van der Waals surface area contributed by atoms with Crippen molar-refractivity contribution >= 4 is 15.9 Å². The van der Waals surface area contributed by atoms with Crippen molar-refractivity contribution in [1.82, 2.24) is 5.32 Å². The molecule has 1 saturated heterocycles. The fourth-order valence-electron chi connectivity index (χ4n) is 3.24. The highest BCUT2D eigenvalue weighted by Gasteiger charge is 2.29. The van der Waals surface area contributed by atoms with Crippen molar-refractivity contribution in [3.63, 3.8) is 0 Å². The standard InChI is InChI=1S/C16H22BrNO3/c1-16(19,9-14-10-20-5-3-18-14)8-12-7-13(17)6-11-2-4-21-15(11)12/h6-7,14,18-19H,2-5,8-10H2,1H3. The van der Waals surface area contributed by atoms with Crippen molar-refractivity contribution in [1.29, 1.82) is 0 Å². The average molecular weight is 356 g/mol. The van der Waals surface area contributed by atoms with E-state index in [1.165, 1.54) is 5.56 Å². The van der Waals surface area contributed by atoms with Crippen LogP contribution in [0.25, 0.3) is 0 Å². The number of ether oxygens (including phenoxy) is 2. The van der Waals surface area contributed by atoms with Crippen LogP contribution in [0.5, 0.6) is 5.75 Å². The zero-order valence-electron chi connectivity index (χ0n) is 12.3. The Hall–Kier alpha value is -0.620. The molecule has 1 aromatic carbocycles. The molecule has 1 aromatic rings. The van der Waals surface area contributed by atoms with Gasteiger partial charge in [-0.25, -0.2) is 0 Å². The lowest BCUT2D eigenvalue weighted by Gasteiger charge is -2.32. The van der Waals surface area contributed by atoms with Gasteiger partial charge < -0.3 is 19.9 Å². The fraction of sp³-hybridized carbons (Fsp3) is 0.625. The molecule has 1 fully saturated rings. The Kier molecular flexibility index (Phi) is 4.54. The molecule has 0 aliphatic carbocycles. The fourth-order valence-corrected chi connectivity index (χ4v) is 3.79. The lowest BCUT2D eigenvalue weighted by molar-refractivity contribution is 0.00620. The van der Waals surface area contributed by atoms with E-state index in [9.17, 15) is 5.11 Å². The van der Waals surface area contributed by atoms with Gasteiger partial charge in [-0.05, 0) is 36.6 Å². The van der Waals surface area contributed by atoms with Gasteiger partial charge in [0.2, 0.25) is 0 Å². The average Bonchev–Trinajstić information content (AvgIpc) is 2.87. The van der Waals surface area contributed by atoms with Crippen LogP contribution in [0.15, 0.2) is 16.6 Å². The van der Waals surface area contributed by atoms with E-state index in [0.717, 1.165) is 42.0 Å². The number of hydrogen-bond acceptors (Lipinski definition) is 4. The lowest BCUT2D eigenvalue weighted by Crippen LogP contribution is -2.46. The third-order valence-electron chi connectivity index (χ3n) is 4.08. The number of benzene rings is 1. The third-order valence-corrected chi connectivity index (χ3v) is 4.54. The molecular weight excluding hydrogens is 334 g/mol. The van der Waals surface area contributed by atoms with E-state index in [-0.39, 0.29) is 6.04 Å². The Balaban J connectivity index is 1.72. The number of fused-ring (bicyclic) bond motifs is 1. The molecule has 0 bridgehead atoms. The minimum atomic E-state index is -0.779. The molecule has 0 amide bonds. The zero-order chi connectivity index (χ0) is 14.9. The van der Waals surface area contributed by atoms with E-state index < -0.39 is 5.60 Å². The SMILES string of the molecule is CC(O)(Cc1cc(Br)cc2c1OCC2)CC1COCCN1.